The van der Waals surface area contributed by atoms with Crippen LogP contribution in [-0.2, 0) is 19.6 Å². The third-order valence-electron chi connectivity index (χ3n) is 6.09. The number of hydrogen-bond donors (Lipinski definition) is 2. The number of amides is 2. The molecular weight excluding hydrogens is 466 g/mol. The fraction of sp³-hybridized carbons (Fsp3) is 0.280. The summed E-state index contributed by atoms with van der Waals surface area (Å²) in [6.07, 6.45) is 3.93. The summed E-state index contributed by atoms with van der Waals surface area (Å²) in [5, 5.41) is 2.80. The molecule has 0 saturated carbocycles. The van der Waals surface area contributed by atoms with E-state index in [1.165, 1.54) is 36.7 Å². The second-order valence-electron chi connectivity index (χ2n) is 8.47. The minimum absolute atomic E-state index is 0.00632. The van der Waals surface area contributed by atoms with Gasteiger partial charge in [-0.15, -0.1) is 0 Å². The van der Waals surface area contributed by atoms with E-state index in [-0.39, 0.29) is 29.1 Å². The minimum atomic E-state index is -3.87. The molecule has 1 fully saturated rings. The van der Waals surface area contributed by atoms with Crippen LogP contribution in [0.1, 0.15) is 38.2 Å². The van der Waals surface area contributed by atoms with E-state index < -0.39 is 15.9 Å². The third kappa shape index (κ3) is 5.48. The molecule has 10 heteroatoms. The molecule has 35 heavy (non-hydrogen) atoms. The number of carbonyl (C=O) groups excluding carboxylic acids is 2. The molecule has 9 nitrogen and oxygen atoms in total. The van der Waals surface area contributed by atoms with Crippen LogP contribution in [0.2, 0.25) is 0 Å². The summed E-state index contributed by atoms with van der Waals surface area (Å²) in [6, 6.07) is 15.2. The van der Waals surface area contributed by atoms with Crippen LogP contribution >= 0.6 is 0 Å². The van der Waals surface area contributed by atoms with Gasteiger partial charge in [0.2, 0.25) is 17.8 Å². The van der Waals surface area contributed by atoms with Gasteiger partial charge in [0.15, 0.2) is 0 Å². The van der Waals surface area contributed by atoms with Crippen LogP contribution in [0.4, 0.5) is 17.3 Å². The van der Waals surface area contributed by atoms with Crippen molar-refractivity contribution in [1.29, 1.82) is 0 Å². The van der Waals surface area contributed by atoms with Crippen molar-refractivity contribution in [2.45, 2.75) is 37.5 Å². The second-order valence-corrected chi connectivity index (χ2v) is 10.1. The van der Waals surface area contributed by atoms with Gasteiger partial charge in [-0.25, -0.2) is 23.1 Å². The van der Waals surface area contributed by atoms with Gasteiger partial charge in [-0.3, -0.25) is 9.59 Å². The highest BCUT2D eigenvalue weighted by Crippen LogP contribution is 2.33. The van der Waals surface area contributed by atoms with Gasteiger partial charge in [-0.2, -0.15) is 0 Å². The summed E-state index contributed by atoms with van der Waals surface area (Å²) in [5.74, 6) is -0.613. The average Bonchev–Trinajstić information content (AvgIpc) is 3.26. The maximum absolute atomic E-state index is 12.9. The summed E-state index contributed by atoms with van der Waals surface area (Å²) >= 11 is 0. The molecule has 2 aromatic carbocycles. The van der Waals surface area contributed by atoms with E-state index in [4.69, 9.17) is 0 Å². The Morgan fingerprint density at radius 3 is 2.46 bits per heavy atom. The van der Waals surface area contributed by atoms with Crippen molar-refractivity contribution < 1.29 is 18.0 Å². The summed E-state index contributed by atoms with van der Waals surface area (Å²) in [7, 11) is -3.87. The largest absolute Gasteiger partial charge is 0.326 e. The molecule has 0 spiro atoms. The van der Waals surface area contributed by atoms with Gasteiger partial charge in [0.1, 0.15) is 0 Å². The van der Waals surface area contributed by atoms with Gasteiger partial charge >= 0.3 is 0 Å². The van der Waals surface area contributed by atoms with Crippen molar-refractivity contribution in [3.63, 3.8) is 0 Å². The standard InChI is InChI=1S/C25H27N5O4S/c1-3-17(2)21-7-4-5-8-22(21)30-16-18(15-23(30)31)24(32)28-19-9-11-20(12-10-19)35(33,34)29-25-26-13-6-14-27-25/h4-14,17-18H,3,15-16H2,1-2H3,(H,28,32)(H,26,27,29)/t17-,18+/m0/s1. The first-order valence-electron chi connectivity index (χ1n) is 11.4. The Balaban J connectivity index is 1.42. The van der Waals surface area contributed by atoms with Crippen molar-refractivity contribution in [1.82, 2.24) is 9.97 Å². The highest BCUT2D eigenvalue weighted by atomic mass is 32.2. The number of aromatic nitrogens is 2. The molecule has 2 atom stereocenters. The first-order valence-corrected chi connectivity index (χ1v) is 12.9. The number of hydrogen-bond acceptors (Lipinski definition) is 6. The van der Waals surface area contributed by atoms with Crippen molar-refractivity contribution in [2.24, 2.45) is 5.92 Å². The Morgan fingerprint density at radius 1 is 1.09 bits per heavy atom. The number of anilines is 3. The van der Waals surface area contributed by atoms with Crippen LogP contribution in [0.3, 0.4) is 0 Å². The molecule has 2 heterocycles. The van der Waals surface area contributed by atoms with Gasteiger partial charge in [0.25, 0.3) is 10.0 Å². The van der Waals surface area contributed by atoms with E-state index >= 15 is 0 Å². The number of sulfonamides is 1. The first kappa shape index (κ1) is 24.3. The minimum Gasteiger partial charge on any atom is -0.326 e. The second kappa shape index (κ2) is 10.2. The van der Waals surface area contributed by atoms with Crippen LogP contribution in [0.15, 0.2) is 71.9 Å². The Labute approximate surface area is 204 Å². The van der Waals surface area contributed by atoms with Gasteiger partial charge in [-0.1, -0.05) is 32.0 Å². The van der Waals surface area contributed by atoms with Gasteiger partial charge in [-0.05, 0) is 54.3 Å². The summed E-state index contributed by atoms with van der Waals surface area (Å²) < 4.78 is 27.4. The number of para-hydroxylation sites is 1. The zero-order valence-corrected chi connectivity index (χ0v) is 20.3. The third-order valence-corrected chi connectivity index (χ3v) is 7.43. The fourth-order valence-electron chi connectivity index (χ4n) is 3.98. The lowest BCUT2D eigenvalue weighted by Crippen LogP contribution is -2.29. The van der Waals surface area contributed by atoms with Crippen molar-refractivity contribution in [3.8, 4) is 0 Å². The van der Waals surface area contributed by atoms with E-state index in [1.54, 1.807) is 11.0 Å². The number of carbonyl (C=O) groups is 2. The number of benzene rings is 2. The van der Waals surface area contributed by atoms with Gasteiger partial charge in [0, 0.05) is 36.7 Å². The molecule has 1 aromatic heterocycles. The predicted molar refractivity (Wildman–Crippen MR) is 134 cm³/mol. The molecule has 1 aliphatic rings. The van der Waals surface area contributed by atoms with Crippen LogP contribution in [0, 0.1) is 5.92 Å². The smallest absolute Gasteiger partial charge is 0.264 e. The van der Waals surface area contributed by atoms with Crippen LogP contribution in [0.5, 0.6) is 0 Å². The lowest BCUT2D eigenvalue weighted by Gasteiger charge is -2.23. The molecule has 0 aliphatic carbocycles. The van der Waals surface area contributed by atoms with Crippen molar-refractivity contribution in [2.75, 3.05) is 21.5 Å². The molecule has 2 N–H and O–H groups in total. The zero-order chi connectivity index (χ0) is 25.0. The van der Waals surface area contributed by atoms with Crippen LogP contribution in [-0.4, -0.2) is 36.7 Å². The zero-order valence-electron chi connectivity index (χ0n) is 19.5. The Kier molecular flexibility index (Phi) is 7.11. The lowest BCUT2D eigenvalue weighted by molar-refractivity contribution is -0.122. The Hall–Kier alpha value is -3.79. The van der Waals surface area contributed by atoms with E-state index in [0.717, 1.165) is 17.7 Å². The van der Waals surface area contributed by atoms with E-state index in [2.05, 4.69) is 33.9 Å². The number of nitrogens with one attached hydrogen (secondary N) is 2. The molecule has 3 aromatic rings. The maximum atomic E-state index is 12.9. The number of nitrogens with zero attached hydrogens (tertiary/aromatic N) is 3. The number of rotatable bonds is 8. The maximum Gasteiger partial charge on any atom is 0.264 e. The molecule has 4 rings (SSSR count). The van der Waals surface area contributed by atoms with E-state index in [0.29, 0.717) is 18.2 Å². The molecule has 1 aliphatic heterocycles. The molecule has 0 bridgehead atoms. The Morgan fingerprint density at radius 2 is 1.77 bits per heavy atom. The van der Waals surface area contributed by atoms with Crippen molar-refractivity contribution in [3.05, 3.63) is 72.6 Å². The summed E-state index contributed by atoms with van der Waals surface area (Å²) in [6.45, 7) is 4.52. The topological polar surface area (TPSA) is 121 Å². The SMILES string of the molecule is CC[C@H](C)c1ccccc1N1C[C@H](C(=O)Nc2ccc(S(=O)(=O)Nc3ncccn3)cc2)CC1=O. The van der Waals surface area contributed by atoms with Crippen LogP contribution in [0.25, 0.3) is 0 Å². The molecule has 0 unspecified atom stereocenters. The van der Waals surface area contributed by atoms with Gasteiger partial charge < -0.3 is 10.2 Å². The van der Waals surface area contributed by atoms with Gasteiger partial charge in [0.05, 0.1) is 10.8 Å². The first-order chi connectivity index (χ1) is 16.8. The van der Waals surface area contributed by atoms with Crippen molar-refractivity contribution >= 4 is 39.2 Å². The quantitative estimate of drug-likeness (QED) is 0.493. The molecule has 1 saturated heterocycles. The van der Waals surface area contributed by atoms with Crippen LogP contribution < -0.4 is 14.9 Å². The van der Waals surface area contributed by atoms with E-state index in [9.17, 15) is 18.0 Å². The lowest BCUT2D eigenvalue weighted by atomic mass is 9.96. The molecule has 0 radical (unpaired) electrons. The highest BCUT2D eigenvalue weighted by molar-refractivity contribution is 7.92. The molecule has 182 valence electrons. The summed E-state index contributed by atoms with van der Waals surface area (Å²) in [5.41, 5.74) is 2.39. The summed E-state index contributed by atoms with van der Waals surface area (Å²) in [4.78, 5) is 35.1. The Bertz CT molecular complexity index is 1310. The monoisotopic (exact) mass is 493 g/mol. The fourth-order valence-corrected chi connectivity index (χ4v) is 4.94. The van der Waals surface area contributed by atoms with E-state index in [1.807, 2.05) is 24.3 Å². The normalized spacial score (nSPS) is 16.7. The molecule has 2 amide bonds. The highest BCUT2D eigenvalue weighted by Gasteiger charge is 2.36. The predicted octanol–water partition coefficient (Wildman–Crippen LogP) is 3.78. The average molecular weight is 494 g/mol. The molecular formula is C25H27N5O4S.